The fraction of sp³-hybridized carbons (Fsp3) is 0.222. The smallest absolute Gasteiger partial charge is 0.0576 e. The van der Waals surface area contributed by atoms with Crippen molar-refractivity contribution < 1.29 is 0 Å². The predicted molar refractivity (Wildman–Crippen MR) is 49.4 cm³/mol. The first-order valence-corrected chi connectivity index (χ1v) is 3.11. The summed E-state index contributed by atoms with van der Waals surface area (Å²) in [4.78, 5) is 3.72. The number of nitrogens with zero attached hydrogens (tertiary/aromatic N) is 1. The van der Waals surface area contributed by atoms with Crippen molar-refractivity contribution in [2.45, 2.75) is 13.8 Å². The number of allylic oxidation sites excluding steroid dienone is 3. The van der Waals surface area contributed by atoms with E-state index in [4.69, 9.17) is 0 Å². The molecule has 1 nitrogen and oxygen atoms in total. The number of aliphatic imine (C=N–C) groups is 1. The lowest BCUT2D eigenvalue weighted by atomic mass is 10.4. The van der Waals surface area contributed by atoms with E-state index < -0.39 is 0 Å². The van der Waals surface area contributed by atoms with Crippen molar-refractivity contribution in [2.75, 3.05) is 0 Å². The van der Waals surface area contributed by atoms with Gasteiger partial charge in [-0.25, -0.2) is 0 Å². The molecule has 1 heteroatoms. The van der Waals surface area contributed by atoms with Crippen molar-refractivity contribution in [1.29, 1.82) is 0 Å². The molecule has 0 fully saturated rings. The molecule has 0 aromatic rings. The third-order valence-electron chi connectivity index (χ3n) is 0.816. The molecule has 0 saturated carbocycles. The summed E-state index contributed by atoms with van der Waals surface area (Å²) in [7, 11) is 0. The highest BCUT2D eigenvalue weighted by Gasteiger charge is 1.75. The van der Waals surface area contributed by atoms with Gasteiger partial charge in [0, 0.05) is 0 Å². The number of hydrogen-bond acceptors (Lipinski definition) is 1. The van der Waals surface area contributed by atoms with Gasteiger partial charge >= 0.3 is 0 Å². The first-order chi connectivity index (χ1) is 4.85. The topological polar surface area (TPSA) is 12.4 Å². The van der Waals surface area contributed by atoms with Gasteiger partial charge in [0.05, 0.1) is 5.70 Å². The molecule has 0 atom stereocenters. The Kier molecular flexibility index (Phi) is 12.6. The Morgan fingerprint density at radius 1 is 1.30 bits per heavy atom. The summed E-state index contributed by atoms with van der Waals surface area (Å²) in [6.07, 6.45) is 5.75. The molecule has 0 unspecified atom stereocenters. The normalized spacial score (nSPS) is 10.4. The van der Waals surface area contributed by atoms with Crippen molar-refractivity contribution in [2.24, 2.45) is 4.99 Å². The minimum Gasteiger partial charge on any atom is -0.265 e. The summed E-state index contributed by atoms with van der Waals surface area (Å²) in [5.74, 6) is 0. The standard InChI is InChI=1S/C7H11N.C2H4/c1-4-6-7(5-2)8-3;1-2/h4-6H,3H2,1-2H3;1-2H2/b6-4+,7-5-;. The van der Waals surface area contributed by atoms with E-state index in [9.17, 15) is 0 Å². The second-order valence-electron chi connectivity index (χ2n) is 1.37. The SMILES string of the molecule is C=C.C=NC(=C\C)/C=C/C. The second kappa shape index (κ2) is 10.8. The van der Waals surface area contributed by atoms with E-state index in [2.05, 4.69) is 24.9 Å². The molecule has 56 valence electrons. The summed E-state index contributed by atoms with van der Waals surface area (Å²) in [6.45, 7) is 13.3. The van der Waals surface area contributed by atoms with Gasteiger partial charge in [-0.15, -0.1) is 13.2 Å². The van der Waals surface area contributed by atoms with Crippen molar-refractivity contribution in [3.63, 3.8) is 0 Å². The number of rotatable bonds is 2. The van der Waals surface area contributed by atoms with Crippen LogP contribution in [0.1, 0.15) is 13.8 Å². The van der Waals surface area contributed by atoms with Crippen LogP contribution >= 0.6 is 0 Å². The predicted octanol–water partition coefficient (Wildman–Crippen LogP) is 2.97. The lowest BCUT2D eigenvalue weighted by Crippen LogP contribution is -1.64. The molecule has 0 rings (SSSR count). The van der Waals surface area contributed by atoms with Crippen molar-refractivity contribution in [3.8, 4) is 0 Å². The van der Waals surface area contributed by atoms with Crippen LogP contribution in [0.4, 0.5) is 0 Å². The molecule has 0 amide bonds. The van der Waals surface area contributed by atoms with Crippen LogP contribution in [0.25, 0.3) is 0 Å². The lowest BCUT2D eigenvalue weighted by molar-refractivity contribution is 1.40. The van der Waals surface area contributed by atoms with Gasteiger partial charge in [-0.2, -0.15) is 0 Å². The molecule has 0 heterocycles. The lowest BCUT2D eigenvalue weighted by Gasteiger charge is -1.84. The second-order valence-corrected chi connectivity index (χ2v) is 1.37. The van der Waals surface area contributed by atoms with Gasteiger partial charge in [0.25, 0.3) is 0 Å². The maximum Gasteiger partial charge on any atom is 0.0576 e. The summed E-state index contributed by atoms with van der Waals surface area (Å²) >= 11 is 0. The van der Waals surface area contributed by atoms with Gasteiger partial charge in [0.2, 0.25) is 0 Å². The van der Waals surface area contributed by atoms with Crippen LogP contribution in [0.15, 0.2) is 42.1 Å². The molecule has 10 heavy (non-hydrogen) atoms. The van der Waals surface area contributed by atoms with Gasteiger partial charge in [-0.05, 0) is 26.6 Å². The molecule has 0 spiro atoms. The van der Waals surface area contributed by atoms with E-state index in [0.717, 1.165) is 5.70 Å². The Balaban J connectivity index is 0. The maximum absolute atomic E-state index is 3.72. The van der Waals surface area contributed by atoms with Gasteiger partial charge in [-0.1, -0.05) is 12.2 Å². The molecule has 0 radical (unpaired) electrons. The highest BCUT2D eigenvalue weighted by atomic mass is 14.7. The van der Waals surface area contributed by atoms with E-state index in [1.807, 2.05) is 32.1 Å². The third-order valence-corrected chi connectivity index (χ3v) is 0.816. The maximum atomic E-state index is 3.72. The Morgan fingerprint density at radius 3 is 1.90 bits per heavy atom. The molecular weight excluding hydrogens is 122 g/mol. The molecule has 0 bridgehead atoms. The summed E-state index contributed by atoms with van der Waals surface area (Å²) in [6, 6.07) is 0. The van der Waals surface area contributed by atoms with Crippen molar-refractivity contribution in [3.05, 3.63) is 37.1 Å². The van der Waals surface area contributed by atoms with E-state index in [-0.39, 0.29) is 0 Å². The summed E-state index contributed by atoms with van der Waals surface area (Å²) in [5, 5.41) is 0. The average molecular weight is 137 g/mol. The minimum atomic E-state index is 0.924. The highest BCUT2D eigenvalue weighted by molar-refractivity contribution is 5.32. The van der Waals surface area contributed by atoms with E-state index in [0.29, 0.717) is 0 Å². The Morgan fingerprint density at radius 2 is 1.80 bits per heavy atom. The van der Waals surface area contributed by atoms with Gasteiger partial charge in [-0.3, -0.25) is 4.99 Å². The first-order valence-electron chi connectivity index (χ1n) is 3.11. The number of hydrogen-bond donors (Lipinski definition) is 0. The average Bonchev–Trinajstić information content (AvgIpc) is 2.04. The molecule has 0 N–H and O–H groups in total. The van der Waals surface area contributed by atoms with Gasteiger partial charge < -0.3 is 0 Å². The molecule has 0 saturated heterocycles. The third kappa shape index (κ3) is 6.89. The largest absolute Gasteiger partial charge is 0.265 e. The first kappa shape index (κ1) is 11.7. The Bertz CT molecular complexity index is 132. The zero-order chi connectivity index (χ0) is 8.41. The van der Waals surface area contributed by atoms with Crippen LogP contribution in [-0.2, 0) is 0 Å². The molecular formula is C9H15N. The fourth-order valence-electron chi connectivity index (χ4n) is 0.411. The van der Waals surface area contributed by atoms with E-state index >= 15 is 0 Å². The monoisotopic (exact) mass is 137 g/mol. The van der Waals surface area contributed by atoms with Crippen LogP contribution in [-0.4, -0.2) is 6.72 Å². The zero-order valence-electron chi connectivity index (χ0n) is 6.80. The van der Waals surface area contributed by atoms with E-state index in [1.165, 1.54) is 0 Å². The van der Waals surface area contributed by atoms with Crippen LogP contribution in [0, 0.1) is 0 Å². The summed E-state index contributed by atoms with van der Waals surface area (Å²) < 4.78 is 0. The van der Waals surface area contributed by atoms with Crippen molar-refractivity contribution in [1.82, 2.24) is 0 Å². The molecule has 0 aromatic heterocycles. The van der Waals surface area contributed by atoms with Crippen molar-refractivity contribution >= 4 is 6.72 Å². The van der Waals surface area contributed by atoms with Crippen LogP contribution < -0.4 is 0 Å². The fourth-order valence-corrected chi connectivity index (χ4v) is 0.411. The van der Waals surface area contributed by atoms with Gasteiger partial charge in [0.15, 0.2) is 0 Å². The Hall–Kier alpha value is -1.11. The molecule has 0 aromatic carbocycles. The quantitative estimate of drug-likeness (QED) is 0.315. The highest BCUT2D eigenvalue weighted by Crippen LogP contribution is 1.94. The van der Waals surface area contributed by atoms with E-state index in [1.54, 1.807) is 0 Å². The van der Waals surface area contributed by atoms with Crippen LogP contribution in [0.3, 0.4) is 0 Å². The van der Waals surface area contributed by atoms with Gasteiger partial charge in [0.1, 0.15) is 0 Å². The zero-order valence-corrected chi connectivity index (χ0v) is 6.80. The molecule has 0 aliphatic rings. The van der Waals surface area contributed by atoms with Crippen LogP contribution in [0.5, 0.6) is 0 Å². The summed E-state index contributed by atoms with van der Waals surface area (Å²) in [5.41, 5.74) is 0.924. The molecule has 0 aliphatic carbocycles. The van der Waals surface area contributed by atoms with Crippen LogP contribution in [0.2, 0.25) is 0 Å². The minimum absolute atomic E-state index is 0.924. The Labute approximate surface area is 63.5 Å². The molecule has 0 aliphatic heterocycles.